The van der Waals surface area contributed by atoms with Crippen molar-refractivity contribution in [2.45, 2.75) is 13.0 Å². The molecule has 1 aromatic heterocycles. The second kappa shape index (κ2) is 6.60. The van der Waals surface area contributed by atoms with E-state index in [1.807, 2.05) is 36.4 Å². The lowest BCUT2D eigenvalue weighted by atomic mass is 10.1. The van der Waals surface area contributed by atoms with Gasteiger partial charge < -0.3 is 15.1 Å². The fourth-order valence-electron chi connectivity index (χ4n) is 1.74. The Morgan fingerprint density at radius 2 is 2.05 bits per heavy atom. The summed E-state index contributed by atoms with van der Waals surface area (Å²) in [6.07, 6.45) is 0.370. The number of hydrogen-bond acceptors (Lipinski definition) is 3. The van der Waals surface area contributed by atoms with Crippen LogP contribution < -0.4 is 10.6 Å². The molecule has 2 rings (SSSR count). The van der Waals surface area contributed by atoms with E-state index in [0.29, 0.717) is 13.0 Å². The first kappa shape index (κ1) is 13.9. The Morgan fingerprint density at radius 3 is 2.74 bits per heavy atom. The maximum absolute atomic E-state index is 11.5. The summed E-state index contributed by atoms with van der Waals surface area (Å²) in [6.45, 7) is 0.605. The SMILES string of the molecule is CNC(=O)Cc1ccccc1NCc1ccc(I)o1. The molecule has 100 valence electrons. The van der Waals surface area contributed by atoms with Crippen molar-refractivity contribution in [3.05, 3.63) is 51.5 Å². The Balaban J connectivity index is 2.05. The van der Waals surface area contributed by atoms with Gasteiger partial charge >= 0.3 is 0 Å². The van der Waals surface area contributed by atoms with E-state index in [4.69, 9.17) is 4.42 Å². The fourth-order valence-corrected chi connectivity index (χ4v) is 2.20. The van der Waals surface area contributed by atoms with Crippen LogP contribution in [0.5, 0.6) is 0 Å². The van der Waals surface area contributed by atoms with Crippen LogP contribution in [0.2, 0.25) is 0 Å². The molecule has 0 atom stereocenters. The van der Waals surface area contributed by atoms with E-state index in [1.54, 1.807) is 7.05 Å². The zero-order chi connectivity index (χ0) is 13.7. The molecule has 0 aliphatic carbocycles. The van der Waals surface area contributed by atoms with Crippen molar-refractivity contribution in [1.82, 2.24) is 5.32 Å². The van der Waals surface area contributed by atoms with Crippen LogP contribution in [0, 0.1) is 3.77 Å². The number of nitrogens with one attached hydrogen (secondary N) is 2. The van der Waals surface area contributed by atoms with E-state index in [1.165, 1.54) is 0 Å². The van der Waals surface area contributed by atoms with Crippen LogP contribution in [0.25, 0.3) is 0 Å². The molecule has 0 saturated heterocycles. The van der Waals surface area contributed by atoms with Crippen LogP contribution in [0.4, 0.5) is 5.69 Å². The van der Waals surface area contributed by atoms with Crippen molar-refractivity contribution in [2.75, 3.05) is 12.4 Å². The number of likely N-dealkylation sites (N-methyl/N-ethyl adjacent to an activating group) is 1. The molecule has 1 amide bonds. The van der Waals surface area contributed by atoms with Crippen molar-refractivity contribution in [1.29, 1.82) is 0 Å². The summed E-state index contributed by atoms with van der Waals surface area (Å²) in [7, 11) is 1.64. The number of benzene rings is 1. The maximum atomic E-state index is 11.5. The third-order valence-corrected chi connectivity index (χ3v) is 3.31. The summed E-state index contributed by atoms with van der Waals surface area (Å²) in [4.78, 5) is 11.5. The summed E-state index contributed by atoms with van der Waals surface area (Å²) < 4.78 is 6.36. The van der Waals surface area contributed by atoms with Gasteiger partial charge in [0.05, 0.1) is 13.0 Å². The van der Waals surface area contributed by atoms with Gasteiger partial charge in [-0.25, -0.2) is 0 Å². The number of carbonyl (C=O) groups is 1. The molecule has 1 aromatic carbocycles. The van der Waals surface area contributed by atoms with Gasteiger partial charge in [-0.15, -0.1) is 0 Å². The lowest BCUT2D eigenvalue weighted by molar-refractivity contribution is -0.119. The number of hydrogen-bond donors (Lipinski definition) is 2. The summed E-state index contributed by atoms with van der Waals surface area (Å²) in [5.41, 5.74) is 1.93. The Bertz CT molecular complexity index is 566. The number of amides is 1. The van der Waals surface area contributed by atoms with E-state index in [0.717, 1.165) is 20.8 Å². The molecule has 0 aliphatic rings. The Hall–Kier alpha value is -1.50. The number of carbonyl (C=O) groups excluding carboxylic acids is 1. The fraction of sp³-hybridized carbons (Fsp3) is 0.214. The minimum atomic E-state index is 0.00166. The zero-order valence-electron chi connectivity index (χ0n) is 10.6. The first-order chi connectivity index (χ1) is 9.19. The first-order valence-corrected chi connectivity index (χ1v) is 7.03. The number of anilines is 1. The second-order valence-corrected chi connectivity index (χ2v) is 5.13. The van der Waals surface area contributed by atoms with Gasteiger partial charge in [-0.1, -0.05) is 18.2 Å². The van der Waals surface area contributed by atoms with Crippen molar-refractivity contribution in [3.8, 4) is 0 Å². The number of para-hydroxylation sites is 1. The highest BCUT2D eigenvalue weighted by Crippen LogP contribution is 2.18. The molecule has 0 aliphatic heterocycles. The minimum absolute atomic E-state index is 0.00166. The Kier molecular flexibility index (Phi) is 4.84. The second-order valence-electron chi connectivity index (χ2n) is 4.07. The van der Waals surface area contributed by atoms with E-state index in [9.17, 15) is 4.79 Å². The summed E-state index contributed by atoms with van der Waals surface area (Å²) in [5.74, 6) is 0.876. The van der Waals surface area contributed by atoms with E-state index >= 15 is 0 Å². The lowest BCUT2D eigenvalue weighted by Gasteiger charge is -2.10. The smallest absolute Gasteiger partial charge is 0.224 e. The third kappa shape index (κ3) is 3.99. The Morgan fingerprint density at radius 1 is 1.26 bits per heavy atom. The standard InChI is InChI=1S/C14H15IN2O2/c1-16-14(18)8-10-4-2-3-5-12(10)17-9-11-6-7-13(15)19-11/h2-7,17H,8-9H2,1H3,(H,16,18). The molecule has 0 saturated carbocycles. The monoisotopic (exact) mass is 370 g/mol. The van der Waals surface area contributed by atoms with Crippen LogP contribution in [-0.2, 0) is 17.8 Å². The summed E-state index contributed by atoms with van der Waals surface area (Å²) in [6, 6.07) is 11.7. The van der Waals surface area contributed by atoms with E-state index in [2.05, 4.69) is 33.2 Å². The number of furan rings is 1. The predicted molar refractivity (Wildman–Crippen MR) is 83.0 cm³/mol. The van der Waals surface area contributed by atoms with Gasteiger partial charge in [-0.3, -0.25) is 4.79 Å². The average Bonchev–Trinajstić information content (AvgIpc) is 2.83. The van der Waals surface area contributed by atoms with Crippen LogP contribution in [-0.4, -0.2) is 13.0 Å². The van der Waals surface area contributed by atoms with Crippen molar-refractivity contribution in [2.24, 2.45) is 0 Å². The summed E-state index contributed by atoms with van der Waals surface area (Å²) >= 11 is 2.14. The first-order valence-electron chi connectivity index (χ1n) is 5.95. The molecule has 2 aromatic rings. The molecule has 5 heteroatoms. The van der Waals surface area contributed by atoms with Crippen molar-refractivity contribution >= 4 is 34.2 Å². The van der Waals surface area contributed by atoms with E-state index in [-0.39, 0.29) is 5.91 Å². The quantitative estimate of drug-likeness (QED) is 0.796. The molecule has 0 radical (unpaired) electrons. The Labute approximate surface area is 125 Å². The normalized spacial score (nSPS) is 10.2. The molecule has 0 unspecified atom stereocenters. The molecular weight excluding hydrogens is 355 g/mol. The lowest BCUT2D eigenvalue weighted by Crippen LogP contribution is -2.20. The third-order valence-electron chi connectivity index (χ3n) is 2.73. The van der Waals surface area contributed by atoms with Crippen molar-refractivity contribution in [3.63, 3.8) is 0 Å². The van der Waals surface area contributed by atoms with Gasteiger partial charge in [-0.2, -0.15) is 0 Å². The molecule has 0 bridgehead atoms. The zero-order valence-corrected chi connectivity index (χ0v) is 12.7. The summed E-state index contributed by atoms with van der Waals surface area (Å²) in [5, 5.41) is 5.93. The predicted octanol–water partition coefficient (Wildman–Crippen LogP) is 2.78. The molecule has 0 spiro atoms. The molecule has 19 heavy (non-hydrogen) atoms. The van der Waals surface area contributed by atoms with Gasteiger partial charge in [-0.05, 0) is 46.4 Å². The van der Waals surface area contributed by atoms with Gasteiger partial charge in [0, 0.05) is 12.7 Å². The van der Waals surface area contributed by atoms with Crippen molar-refractivity contribution < 1.29 is 9.21 Å². The number of rotatable bonds is 5. The van der Waals surface area contributed by atoms with Crippen LogP contribution in [0.1, 0.15) is 11.3 Å². The average molecular weight is 370 g/mol. The molecule has 1 heterocycles. The van der Waals surface area contributed by atoms with Gasteiger partial charge in [0.25, 0.3) is 0 Å². The molecular formula is C14H15IN2O2. The maximum Gasteiger partial charge on any atom is 0.224 e. The van der Waals surface area contributed by atoms with Gasteiger partial charge in [0.15, 0.2) is 3.77 Å². The van der Waals surface area contributed by atoms with Gasteiger partial charge in [0.1, 0.15) is 5.76 Å². The highest BCUT2D eigenvalue weighted by atomic mass is 127. The molecule has 0 fully saturated rings. The van der Waals surface area contributed by atoms with Crippen LogP contribution >= 0.6 is 22.6 Å². The number of halogens is 1. The molecule has 4 nitrogen and oxygen atoms in total. The topological polar surface area (TPSA) is 54.3 Å². The highest BCUT2D eigenvalue weighted by molar-refractivity contribution is 14.1. The van der Waals surface area contributed by atoms with Gasteiger partial charge in [0.2, 0.25) is 5.91 Å². The van der Waals surface area contributed by atoms with Crippen LogP contribution in [0.3, 0.4) is 0 Å². The minimum Gasteiger partial charge on any atom is -0.454 e. The van der Waals surface area contributed by atoms with E-state index < -0.39 is 0 Å². The molecule has 2 N–H and O–H groups in total. The van der Waals surface area contributed by atoms with Crippen LogP contribution in [0.15, 0.2) is 40.8 Å². The largest absolute Gasteiger partial charge is 0.454 e. The highest BCUT2D eigenvalue weighted by Gasteiger charge is 2.07.